The summed E-state index contributed by atoms with van der Waals surface area (Å²) in [6, 6.07) is 9.59. The fourth-order valence-electron chi connectivity index (χ4n) is 2.95. The van der Waals surface area contributed by atoms with Crippen molar-refractivity contribution >= 4 is 5.91 Å². The summed E-state index contributed by atoms with van der Waals surface area (Å²) in [5.41, 5.74) is 0.955. The van der Waals surface area contributed by atoms with Crippen LogP contribution in [-0.2, 0) is 23.7 Å². The number of benzene rings is 1. The molecule has 1 aromatic rings. The molecule has 3 rings (SSSR count). The normalized spacial score (nSPS) is 34.7. The van der Waals surface area contributed by atoms with Gasteiger partial charge in [-0.1, -0.05) is 30.3 Å². The number of hydrogen-bond acceptors (Lipinski definition) is 5. The Labute approximate surface area is 129 Å². The minimum atomic E-state index is -0.443. The van der Waals surface area contributed by atoms with Gasteiger partial charge in [-0.2, -0.15) is 0 Å². The van der Waals surface area contributed by atoms with Gasteiger partial charge in [0, 0.05) is 26.0 Å². The van der Waals surface area contributed by atoms with Crippen LogP contribution < -0.4 is 5.32 Å². The highest BCUT2D eigenvalue weighted by Crippen LogP contribution is 2.33. The maximum absolute atomic E-state index is 11.5. The van der Waals surface area contributed by atoms with Crippen molar-refractivity contribution in [1.29, 1.82) is 0 Å². The molecule has 2 saturated heterocycles. The SMILES string of the molecule is CO[C@@H]1C[C@@H](NC(C)=O)[C@@H]2O[C@H](c3ccccc3)OC[C@H]2O1. The highest BCUT2D eigenvalue weighted by Gasteiger charge is 2.44. The third kappa shape index (κ3) is 3.30. The molecule has 120 valence electrons. The molecule has 0 aromatic heterocycles. The van der Waals surface area contributed by atoms with E-state index in [0.717, 1.165) is 5.56 Å². The first kappa shape index (κ1) is 15.4. The van der Waals surface area contributed by atoms with E-state index >= 15 is 0 Å². The second-order valence-electron chi connectivity index (χ2n) is 5.56. The zero-order valence-corrected chi connectivity index (χ0v) is 12.7. The topological polar surface area (TPSA) is 66.0 Å². The van der Waals surface area contributed by atoms with Gasteiger partial charge < -0.3 is 24.3 Å². The molecule has 1 N–H and O–H groups in total. The summed E-state index contributed by atoms with van der Waals surface area (Å²) in [6.07, 6.45) is -0.761. The van der Waals surface area contributed by atoms with Gasteiger partial charge >= 0.3 is 0 Å². The highest BCUT2D eigenvalue weighted by molar-refractivity contribution is 5.73. The number of carbonyl (C=O) groups is 1. The maximum atomic E-state index is 11.5. The van der Waals surface area contributed by atoms with Crippen LogP contribution in [0.15, 0.2) is 30.3 Å². The third-order valence-corrected chi connectivity index (χ3v) is 3.95. The number of methoxy groups -OCH3 is 1. The van der Waals surface area contributed by atoms with Crippen molar-refractivity contribution in [3.63, 3.8) is 0 Å². The molecule has 6 heteroatoms. The molecular formula is C16H21NO5. The van der Waals surface area contributed by atoms with Crippen molar-refractivity contribution in [1.82, 2.24) is 5.32 Å². The highest BCUT2D eigenvalue weighted by atomic mass is 16.7. The number of ether oxygens (including phenoxy) is 4. The third-order valence-electron chi connectivity index (χ3n) is 3.95. The van der Waals surface area contributed by atoms with E-state index in [0.29, 0.717) is 13.0 Å². The Balaban J connectivity index is 1.75. The van der Waals surface area contributed by atoms with E-state index in [-0.39, 0.29) is 30.4 Å². The number of amides is 1. The summed E-state index contributed by atoms with van der Waals surface area (Å²) in [4.78, 5) is 11.5. The molecular weight excluding hydrogens is 286 g/mol. The van der Waals surface area contributed by atoms with Gasteiger partial charge in [-0.15, -0.1) is 0 Å². The Morgan fingerprint density at radius 2 is 2.05 bits per heavy atom. The van der Waals surface area contributed by atoms with Crippen molar-refractivity contribution in [3.8, 4) is 0 Å². The van der Waals surface area contributed by atoms with Crippen LogP contribution in [0.25, 0.3) is 0 Å². The molecule has 0 unspecified atom stereocenters. The quantitative estimate of drug-likeness (QED) is 0.913. The molecule has 2 aliphatic rings. The number of nitrogens with one attached hydrogen (secondary N) is 1. The van der Waals surface area contributed by atoms with Crippen molar-refractivity contribution in [2.24, 2.45) is 0 Å². The second kappa shape index (κ2) is 6.75. The zero-order chi connectivity index (χ0) is 15.5. The predicted octanol–water partition coefficient (Wildman–Crippen LogP) is 1.37. The van der Waals surface area contributed by atoms with E-state index in [2.05, 4.69) is 5.32 Å². The first-order valence-corrected chi connectivity index (χ1v) is 7.44. The van der Waals surface area contributed by atoms with E-state index < -0.39 is 6.29 Å². The van der Waals surface area contributed by atoms with Crippen LogP contribution in [0.5, 0.6) is 0 Å². The summed E-state index contributed by atoms with van der Waals surface area (Å²) in [6.45, 7) is 1.90. The molecule has 1 amide bonds. The average molecular weight is 307 g/mol. The standard InChI is InChI=1S/C16H21NO5/c1-10(18)17-12-8-14(19-2)21-13-9-20-16(22-15(12)13)11-6-4-3-5-7-11/h3-7,12-16H,8-9H2,1-2H3,(H,17,18)/t12-,13-,14+,15+,16-/m1/s1. The van der Waals surface area contributed by atoms with E-state index in [1.165, 1.54) is 6.92 Å². The molecule has 0 bridgehead atoms. The van der Waals surface area contributed by atoms with Crippen molar-refractivity contribution in [2.45, 2.75) is 44.2 Å². The lowest BCUT2D eigenvalue weighted by molar-refractivity contribution is -0.319. The Hall–Kier alpha value is -1.47. The largest absolute Gasteiger partial charge is 0.356 e. The zero-order valence-electron chi connectivity index (χ0n) is 12.7. The summed E-state index contributed by atoms with van der Waals surface area (Å²) < 4.78 is 22.9. The molecule has 0 spiro atoms. The second-order valence-corrected chi connectivity index (χ2v) is 5.56. The van der Waals surface area contributed by atoms with Gasteiger partial charge in [-0.25, -0.2) is 0 Å². The lowest BCUT2D eigenvalue weighted by Crippen LogP contribution is -2.60. The number of rotatable bonds is 3. The Morgan fingerprint density at radius 1 is 1.27 bits per heavy atom. The minimum Gasteiger partial charge on any atom is -0.356 e. The van der Waals surface area contributed by atoms with E-state index in [1.807, 2.05) is 30.3 Å². The van der Waals surface area contributed by atoms with Crippen LogP contribution >= 0.6 is 0 Å². The summed E-state index contributed by atoms with van der Waals surface area (Å²) in [5.74, 6) is -0.0909. The minimum absolute atomic E-state index is 0.0909. The van der Waals surface area contributed by atoms with Gasteiger partial charge in [-0.05, 0) is 0 Å². The van der Waals surface area contributed by atoms with Crippen LogP contribution in [0.4, 0.5) is 0 Å². The van der Waals surface area contributed by atoms with Crippen molar-refractivity contribution < 1.29 is 23.7 Å². The van der Waals surface area contributed by atoms with E-state index in [1.54, 1.807) is 7.11 Å². The first-order chi connectivity index (χ1) is 10.7. The van der Waals surface area contributed by atoms with Gasteiger partial charge in [0.05, 0.1) is 12.6 Å². The number of fused-ring (bicyclic) bond motifs is 1. The number of hydrogen-bond donors (Lipinski definition) is 1. The average Bonchev–Trinajstić information content (AvgIpc) is 2.54. The monoisotopic (exact) mass is 307 g/mol. The first-order valence-electron chi connectivity index (χ1n) is 7.44. The lowest BCUT2D eigenvalue weighted by atomic mass is 9.97. The molecule has 2 heterocycles. The fourth-order valence-corrected chi connectivity index (χ4v) is 2.95. The van der Waals surface area contributed by atoms with Crippen LogP contribution in [0.3, 0.4) is 0 Å². The van der Waals surface area contributed by atoms with E-state index in [4.69, 9.17) is 18.9 Å². The van der Waals surface area contributed by atoms with Crippen molar-refractivity contribution in [3.05, 3.63) is 35.9 Å². The molecule has 22 heavy (non-hydrogen) atoms. The molecule has 2 fully saturated rings. The molecule has 0 radical (unpaired) electrons. The predicted molar refractivity (Wildman–Crippen MR) is 77.9 cm³/mol. The van der Waals surface area contributed by atoms with E-state index in [9.17, 15) is 4.79 Å². The summed E-state index contributed by atoms with van der Waals surface area (Å²) >= 11 is 0. The van der Waals surface area contributed by atoms with Crippen LogP contribution in [0, 0.1) is 0 Å². The molecule has 0 saturated carbocycles. The maximum Gasteiger partial charge on any atom is 0.217 e. The van der Waals surface area contributed by atoms with Crippen LogP contribution in [0.1, 0.15) is 25.2 Å². The van der Waals surface area contributed by atoms with Gasteiger partial charge in [0.15, 0.2) is 12.6 Å². The number of carbonyl (C=O) groups excluding carboxylic acids is 1. The van der Waals surface area contributed by atoms with Crippen LogP contribution in [0.2, 0.25) is 0 Å². The van der Waals surface area contributed by atoms with Gasteiger partial charge in [0.1, 0.15) is 12.2 Å². The molecule has 6 nitrogen and oxygen atoms in total. The lowest BCUT2D eigenvalue weighted by Gasteiger charge is -2.45. The fraction of sp³-hybridized carbons (Fsp3) is 0.562. The smallest absolute Gasteiger partial charge is 0.217 e. The Bertz CT molecular complexity index is 509. The van der Waals surface area contributed by atoms with Gasteiger partial charge in [0.25, 0.3) is 0 Å². The van der Waals surface area contributed by atoms with Gasteiger partial charge in [-0.3, -0.25) is 4.79 Å². The molecule has 5 atom stereocenters. The Kier molecular flexibility index (Phi) is 4.73. The summed E-state index contributed by atoms with van der Waals surface area (Å²) in [5, 5.41) is 2.94. The van der Waals surface area contributed by atoms with Crippen LogP contribution in [-0.4, -0.2) is 44.2 Å². The summed E-state index contributed by atoms with van der Waals surface area (Å²) in [7, 11) is 1.59. The molecule has 2 aliphatic heterocycles. The van der Waals surface area contributed by atoms with Crippen molar-refractivity contribution in [2.75, 3.05) is 13.7 Å². The van der Waals surface area contributed by atoms with Gasteiger partial charge in [0.2, 0.25) is 5.91 Å². The Morgan fingerprint density at radius 3 is 2.73 bits per heavy atom. The molecule has 1 aromatic carbocycles. The molecule has 0 aliphatic carbocycles.